The van der Waals surface area contributed by atoms with E-state index in [1.165, 1.54) is 30.4 Å². The zero-order chi connectivity index (χ0) is 9.80. The molecule has 0 spiro atoms. The van der Waals surface area contributed by atoms with Crippen molar-refractivity contribution in [3.63, 3.8) is 0 Å². The second kappa shape index (κ2) is 4.61. The standard InChI is InChI=1S/C13H18O/c1-2-11-6-8-12(9-7-11)4-3-5-13-10-14-13/h6-9,13H,2-5,10H2,1H3. The Kier molecular flexibility index (Phi) is 3.20. The summed E-state index contributed by atoms with van der Waals surface area (Å²) in [4.78, 5) is 0. The van der Waals surface area contributed by atoms with Crippen molar-refractivity contribution in [2.45, 2.75) is 38.7 Å². The summed E-state index contributed by atoms with van der Waals surface area (Å²) in [7, 11) is 0. The molecule has 1 saturated heterocycles. The summed E-state index contributed by atoms with van der Waals surface area (Å²) in [5, 5.41) is 0. The van der Waals surface area contributed by atoms with Gasteiger partial charge in [-0.2, -0.15) is 0 Å². The smallest absolute Gasteiger partial charge is 0.0810 e. The van der Waals surface area contributed by atoms with Crippen LogP contribution in [-0.2, 0) is 17.6 Å². The Morgan fingerprint density at radius 3 is 2.43 bits per heavy atom. The second-order valence-corrected chi connectivity index (χ2v) is 4.02. The molecule has 1 aliphatic heterocycles. The number of ether oxygens (including phenoxy) is 1. The van der Waals surface area contributed by atoms with Crippen molar-refractivity contribution < 1.29 is 4.74 Å². The van der Waals surface area contributed by atoms with Gasteiger partial charge in [0.05, 0.1) is 12.7 Å². The van der Waals surface area contributed by atoms with Crippen LogP contribution in [0.4, 0.5) is 0 Å². The maximum absolute atomic E-state index is 5.18. The van der Waals surface area contributed by atoms with Crippen LogP contribution in [0.5, 0.6) is 0 Å². The molecule has 14 heavy (non-hydrogen) atoms. The molecule has 1 unspecified atom stereocenters. The molecule has 1 heteroatoms. The van der Waals surface area contributed by atoms with Crippen molar-refractivity contribution >= 4 is 0 Å². The molecule has 1 atom stereocenters. The summed E-state index contributed by atoms with van der Waals surface area (Å²) >= 11 is 0. The van der Waals surface area contributed by atoms with Crippen molar-refractivity contribution in [2.24, 2.45) is 0 Å². The van der Waals surface area contributed by atoms with E-state index in [1.807, 2.05) is 0 Å². The summed E-state index contributed by atoms with van der Waals surface area (Å²) < 4.78 is 5.18. The minimum atomic E-state index is 0.588. The quantitative estimate of drug-likeness (QED) is 0.650. The average Bonchev–Trinajstić information content (AvgIpc) is 3.03. The third-order valence-electron chi connectivity index (χ3n) is 2.83. The SMILES string of the molecule is CCc1ccc(CCCC2CO2)cc1. The molecule has 0 bridgehead atoms. The normalized spacial score (nSPS) is 19.6. The van der Waals surface area contributed by atoms with Gasteiger partial charge in [-0.1, -0.05) is 31.2 Å². The highest BCUT2D eigenvalue weighted by Crippen LogP contribution is 2.17. The second-order valence-electron chi connectivity index (χ2n) is 4.02. The lowest BCUT2D eigenvalue weighted by Crippen LogP contribution is -1.90. The van der Waals surface area contributed by atoms with Gasteiger partial charge >= 0.3 is 0 Å². The van der Waals surface area contributed by atoms with E-state index in [0.29, 0.717) is 6.10 Å². The fourth-order valence-electron chi connectivity index (χ4n) is 1.71. The van der Waals surface area contributed by atoms with E-state index in [-0.39, 0.29) is 0 Å². The molecule has 1 nitrogen and oxygen atoms in total. The molecular formula is C13H18O. The molecule has 0 amide bonds. The van der Waals surface area contributed by atoms with Crippen molar-refractivity contribution in [1.29, 1.82) is 0 Å². The molecule has 1 aliphatic rings. The van der Waals surface area contributed by atoms with Gasteiger partial charge in [0.15, 0.2) is 0 Å². The molecule has 1 fully saturated rings. The zero-order valence-corrected chi connectivity index (χ0v) is 8.83. The summed E-state index contributed by atoms with van der Waals surface area (Å²) in [6.45, 7) is 3.19. The highest BCUT2D eigenvalue weighted by Gasteiger charge is 2.20. The largest absolute Gasteiger partial charge is 0.373 e. The number of rotatable bonds is 5. The Morgan fingerprint density at radius 2 is 1.86 bits per heavy atom. The first kappa shape index (κ1) is 9.72. The van der Waals surface area contributed by atoms with Gasteiger partial charge in [0.1, 0.15) is 0 Å². The van der Waals surface area contributed by atoms with Gasteiger partial charge in [0, 0.05) is 0 Å². The molecule has 0 radical (unpaired) electrons. The minimum absolute atomic E-state index is 0.588. The topological polar surface area (TPSA) is 12.5 Å². The first-order chi connectivity index (χ1) is 6.88. The maximum Gasteiger partial charge on any atom is 0.0810 e. The van der Waals surface area contributed by atoms with Gasteiger partial charge in [-0.3, -0.25) is 0 Å². The Morgan fingerprint density at radius 1 is 1.21 bits per heavy atom. The Balaban J connectivity index is 1.77. The van der Waals surface area contributed by atoms with E-state index in [1.54, 1.807) is 0 Å². The zero-order valence-electron chi connectivity index (χ0n) is 8.83. The molecule has 76 valence electrons. The van der Waals surface area contributed by atoms with E-state index in [2.05, 4.69) is 31.2 Å². The van der Waals surface area contributed by atoms with Crippen LogP contribution in [0.25, 0.3) is 0 Å². The Hall–Kier alpha value is -0.820. The third-order valence-corrected chi connectivity index (χ3v) is 2.83. The summed E-state index contributed by atoms with van der Waals surface area (Å²) in [6, 6.07) is 8.99. The summed E-state index contributed by atoms with van der Waals surface area (Å²) in [5.74, 6) is 0. The Labute approximate surface area is 86.1 Å². The molecule has 0 aromatic heterocycles. The number of benzene rings is 1. The van der Waals surface area contributed by atoms with Crippen molar-refractivity contribution in [1.82, 2.24) is 0 Å². The number of hydrogen-bond acceptors (Lipinski definition) is 1. The predicted octanol–water partition coefficient (Wildman–Crippen LogP) is 2.97. The van der Waals surface area contributed by atoms with Crippen molar-refractivity contribution in [3.05, 3.63) is 35.4 Å². The molecule has 0 saturated carbocycles. The van der Waals surface area contributed by atoms with Crippen molar-refractivity contribution in [2.75, 3.05) is 6.61 Å². The van der Waals surface area contributed by atoms with Crippen molar-refractivity contribution in [3.8, 4) is 0 Å². The molecule has 1 aromatic carbocycles. The first-order valence-electron chi connectivity index (χ1n) is 5.58. The lowest BCUT2D eigenvalue weighted by Gasteiger charge is -2.01. The molecule has 2 rings (SSSR count). The maximum atomic E-state index is 5.18. The summed E-state index contributed by atoms with van der Waals surface area (Å²) in [6.07, 6.45) is 5.41. The van der Waals surface area contributed by atoms with Crippen LogP contribution >= 0.6 is 0 Å². The molecule has 0 aliphatic carbocycles. The first-order valence-corrected chi connectivity index (χ1v) is 5.58. The van der Waals surface area contributed by atoms with E-state index >= 15 is 0 Å². The van der Waals surface area contributed by atoms with Gasteiger partial charge in [-0.15, -0.1) is 0 Å². The van der Waals surface area contributed by atoms with Crippen LogP contribution in [0, 0.1) is 0 Å². The molecule has 1 heterocycles. The van der Waals surface area contributed by atoms with Crippen LogP contribution in [0.2, 0.25) is 0 Å². The lowest BCUT2D eigenvalue weighted by molar-refractivity contribution is 0.392. The van der Waals surface area contributed by atoms with Gasteiger partial charge in [-0.05, 0) is 36.8 Å². The lowest BCUT2D eigenvalue weighted by atomic mass is 10.0. The Bertz CT molecular complexity index is 272. The fourth-order valence-corrected chi connectivity index (χ4v) is 1.71. The van der Waals surface area contributed by atoms with E-state index in [0.717, 1.165) is 13.0 Å². The molecular weight excluding hydrogens is 172 g/mol. The van der Waals surface area contributed by atoms with E-state index < -0.39 is 0 Å². The molecule has 0 N–H and O–H groups in total. The van der Waals surface area contributed by atoms with Gasteiger partial charge in [0.2, 0.25) is 0 Å². The highest BCUT2D eigenvalue weighted by molar-refractivity contribution is 5.22. The van der Waals surface area contributed by atoms with Crippen LogP contribution in [0.15, 0.2) is 24.3 Å². The van der Waals surface area contributed by atoms with Crippen LogP contribution in [0.1, 0.15) is 30.9 Å². The third kappa shape index (κ3) is 2.85. The fraction of sp³-hybridized carbons (Fsp3) is 0.538. The highest BCUT2D eigenvalue weighted by atomic mass is 16.6. The number of aryl methyl sites for hydroxylation is 2. The monoisotopic (exact) mass is 190 g/mol. The summed E-state index contributed by atoms with van der Waals surface area (Å²) in [5.41, 5.74) is 2.89. The minimum Gasteiger partial charge on any atom is -0.373 e. The van der Waals surface area contributed by atoms with Crippen LogP contribution in [0.3, 0.4) is 0 Å². The van der Waals surface area contributed by atoms with Crippen LogP contribution < -0.4 is 0 Å². The van der Waals surface area contributed by atoms with Gasteiger partial charge in [-0.25, -0.2) is 0 Å². The predicted molar refractivity (Wildman–Crippen MR) is 58.5 cm³/mol. The van der Waals surface area contributed by atoms with Gasteiger partial charge in [0.25, 0.3) is 0 Å². The molecule has 1 aromatic rings. The van der Waals surface area contributed by atoms with Gasteiger partial charge < -0.3 is 4.74 Å². The van der Waals surface area contributed by atoms with Crippen LogP contribution in [-0.4, -0.2) is 12.7 Å². The number of epoxide rings is 1. The van der Waals surface area contributed by atoms with E-state index in [9.17, 15) is 0 Å². The average molecular weight is 190 g/mol. The number of hydrogen-bond donors (Lipinski definition) is 0. The van der Waals surface area contributed by atoms with E-state index in [4.69, 9.17) is 4.74 Å².